The average Bonchev–Trinajstić information content (AvgIpc) is 2.90. The summed E-state index contributed by atoms with van der Waals surface area (Å²) in [4.78, 5) is 12.2. The van der Waals surface area contributed by atoms with Crippen LogP contribution in [0.4, 0.5) is 0 Å². The molecule has 0 heterocycles. The fraction of sp³-hybridized carbons (Fsp3) is 0.629. The van der Waals surface area contributed by atoms with Crippen molar-refractivity contribution in [2.24, 2.45) is 5.92 Å². The van der Waals surface area contributed by atoms with Gasteiger partial charge in [0.25, 0.3) is 0 Å². The minimum absolute atomic E-state index is 0.104. The van der Waals surface area contributed by atoms with Crippen molar-refractivity contribution in [2.75, 3.05) is 0 Å². The summed E-state index contributed by atoms with van der Waals surface area (Å²) in [6.45, 7) is 8.84. The molecule has 204 valence electrons. The summed E-state index contributed by atoms with van der Waals surface area (Å²) in [5.41, 5.74) is 6.80. The molecular weight excluding hydrogens is 452 g/mol. The van der Waals surface area contributed by atoms with Gasteiger partial charge in [-0.3, -0.25) is 4.79 Å². The van der Waals surface area contributed by atoms with Crippen LogP contribution in [0.1, 0.15) is 137 Å². The van der Waals surface area contributed by atoms with Gasteiger partial charge < -0.3 is 4.74 Å². The molecule has 3 rings (SSSR count). The molecule has 0 aliphatic heterocycles. The van der Waals surface area contributed by atoms with Gasteiger partial charge in [0.1, 0.15) is 5.75 Å². The van der Waals surface area contributed by atoms with Gasteiger partial charge in [-0.05, 0) is 105 Å². The summed E-state index contributed by atoms with van der Waals surface area (Å²) in [5.74, 6) is 2.33. The molecule has 1 fully saturated rings. The average molecular weight is 505 g/mol. The highest BCUT2D eigenvalue weighted by Crippen LogP contribution is 2.38. The Balaban J connectivity index is 1.45. The number of aryl methyl sites for hydroxylation is 4. The molecule has 0 spiro atoms. The lowest BCUT2D eigenvalue weighted by Gasteiger charge is -2.29. The van der Waals surface area contributed by atoms with Gasteiger partial charge in [0, 0.05) is 6.42 Å². The van der Waals surface area contributed by atoms with Crippen molar-refractivity contribution >= 4 is 5.97 Å². The Labute approximate surface area is 227 Å². The van der Waals surface area contributed by atoms with Crippen molar-refractivity contribution in [1.82, 2.24) is 0 Å². The lowest BCUT2D eigenvalue weighted by atomic mass is 9.76. The first-order valence-corrected chi connectivity index (χ1v) is 15.4. The minimum Gasteiger partial charge on any atom is -0.426 e. The zero-order chi connectivity index (χ0) is 26.5. The second-order valence-corrected chi connectivity index (χ2v) is 11.6. The third-order valence-corrected chi connectivity index (χ3v) is 8.53. The molecule has 1 aliphatic carbocycles. The quantitative estimate of drug-likeness (QED) is 0.137. The van der Waals surface area contributed by atoms with Crippen LogP contribution in [0.3, 0.4) is 0 Å². The van der Waals surface area contributed by atoms with E-state index in [9.17, 15) is 4.79 Å². The van der Waals surface area contributed by atoms with Crippen LogP contribution in [0.15, 0.2) is 36.4 Å². The molecule has 0 unspecified atom stereocenters. The minimum atomic E-state index is -0.104. The Bertz CT molecular complexity index is 952. The summed E-state index contributed by atoms with van der Waals surface area (Å²) < 4.78 is 5.65. The van der Waals surface area contributed by atoms with Crippen molar-refractivity contribution in [1.29, 1.82) is 0 Å². The third kappa shape index (κ3) is 9.95. The van der Waals surface area contributed by atoms with Crippen LogP contribution < -0.4 is 4.74 Å². The van der Waals surface area contributed by atoms with Crippen LogP contribution in [-0.2, 0) is 17.6 Å². The first-order chi connectivity index (χ1) is 18.0. The van der Waals surface area contributed by atoms with E-state index in [-0.39, 0.29) is 5.97 Å². The van der Waals surface area contributed by atoms with Gasteiger partial charge in [-0.1, -0.05) is 95.5 Å². The Morgan fingerprint density at radius 2 is 1.51 bits per heavy atom. The molecule has 37 heavy (non-hydrogen) atoms. The zero-order valence-corrected chi connectivity index (χ0v) is 24.2. The van der Waals surface area contributed by atoms with Crippen LogP contribution >= 0.6 is 0 Å². The van der Waals surface area contributed by atoms with Crippen molar-refractivity contribution < 1.29 is 9.53 Å². The topological polar surface area (TPSA) is 26.3 Å². The van der Waals surface area contributed by atoms with Gasteiger partial charge in [0.2, 0.25) is 0 Å². The van der Waals surface area contributed by atoms with E-state index in [4.69, 9.17) is 4.74 Å². The van der Waals surface area contributed by atoms with Gasteiger partial charge in [-0.15, -0.1) is 0 Å². The van der Waals surface area contributed by atoms with E-state index in [1.54, 1.807) is 5.56 Å². The van der Waals surface area contributed by atoms with E-state index >= 15 is 0 Å². The Hall–Kier alpha value is -2.09. The second-order valence-electron chi connectivity index (χ2n) is 11.6. The smallest absolute Gasteiger partial charge is 0.311 e. The summed E-state index contributed by atoms with van der Waals surface area (Å²) in [6.07, 6.45) is 19.5. The number of ether oxygens (including phenoxy) is 1. The van der Waals surface area contributed by atoms with Crippen molar-refractivity contribution in [3.8, 4) is 5.75 Å². The number of hydrogen-bond donors (Lipinski definition) is 0. The molecule has 1 aliphatic rings. The fourth-order valence-electron chi connectivity index (χ4n) is 6.03. The largest absolute Gasteiger partial charge is 0.426 e. The monoisotopic (exact) mass is 504 g/mol. The molecule has 1 saturated carbocycles. The van der Waals surface area contributed by atoms with E-state index < -0.39 is 0 Å². The molecule has 0 amide bonds. The van der Waals surface area contributed by atoms with Crippen LogP contribution in [-0.4, -0.2) is 5.97 Å². The Morgan fingerprint density at radius 1 is 0.784 bits per heavy atom. The van der Waals surface area contributed by atoms with Crippen molar-refractivity contribution in [3.05, 3.63) is 64.2 Å². The number of benzene rings is 2. The Morgan fingerprint density at radius 3 is 2.22 bits per heavy atom. The molecule has 2 aromatic rings. The molecule has 2 nitrogen and oxygen atoms in total. The number of unbranched alkanes of at least 4 members (excludes halogenated alkanes) is 6. The molecule has 2 heteroatoms. The van der Waals surface area contributed by atoms with Crippen molar-refractivity contribution in [3.63, 3.8) is 0 Å². The molecule has 2 aromatic carbocycles. The Kier molecular flexibility index (Phi) is 12.7. The van der Waals surface area contributed by atoms with Gasteiger partial charge in [0.15, 0.2) is 0 Å². The number of carbonyl (C=O) groups is 1. The first-order valence-electron chi connectivity index (χ1n) is 15.4. The summed E-state index contributed by atoms with van der Waals surface area (Å²) in [5, 5.41) is 0. The first kappa shape index (κ1) is 29.5. The number of esters is 1. The predicted molar refractivity (Wildman–Crippen MR) is 158 cm³/mol. The van der Waals surface area contributed by atoms with E-state index in [1.165, 1.54) is 87.3 Å². The molecule has 0 N–H and O–H groups in total. The fourth-order valence-corrected chi connectivity index (χ4v) is 6.03. The third-order valence-electron chi connectivity index (χ3n) is 8.53. The second kappa shape index (κ2) is 16.0. The maximum atomic E-state index is 12.2. The molecule has 0 bridgehead atoms. The highest BCUT2D eigenvalue weighted by atomic mass is 16.5. The lowest BCUT2D eigenvalue weighted by molar-refractivity contribution is -0.134. The molecule has 0 saturated heterocycles. The van der Waals surface area contributed by atoms with Gasteiger partial charge >= 0.3 is 5.97 Å². The maximum Gasteiger partial charge on any atom is 0.311 e. The highest BCUT2D eigenvalue weighted by Gasteiger charge is 2.22. The standard InChI is InChI=1S/C35H52O2/c1-5-7-9-10-12-14-35(36)37-34-24-18-30(25-28(34)4)17-19-31-22-23-33(26-27(31)3)32-20-15-29(16-21-32)13-11-8-6-2/h18,22-26,29,32H,5-17,19-21H2,1-4H3/t29-,32-. The van der Waals surface area contributed by atoms with E-state index in [1.807, 2.05) is 13.0 Å². The summed E-state index contributed by atoms with van der Waals surface area (Å²) >= 11 is 0. The lowest BCUT2D eigenvalue weighted by Crippen LogP contribution is -2.13. The van der Waals surface area contributed by atoms with Crippen LogP contribution in [0.25, 0.3) is 0 Å². The van der Waals surface area contributed by atoms with Crippen LogP contribution in [0.2, 0.25) is 0 Å². The van der Waals surface area contributed by atoms with Gasteiger partial charge in [-0.25, -0.2) is 0 Å². The summed E-state index contributed by atoms with van der Waals surface area (Å²) in [7, 11) is 0. The molecule has 0 radical (unpaired) electrons. The molecular formula is C35H52O2. The maximum absolute atomic E-state index is 12.2. The molecule has 0 atom stereocenters. The van der Waals surface area contributed by atoms with E-state index in [0.717, 1.165) is 43.1 Å². The van der Waals surface area contributed by atoms with Gasteiger partial charge in [-0.2, -0.15) is 0 Å². The zero-order valence-electron chi connectivity index (χ0n) is 24.2. The normalized spacial score (nSPS) is 17.6. The van der Waals surface area contributed by atoms with Crippen LogP contribution in [0, 0.1) is 19.8 Å². The summed E-state index contributed by atoms with van der Waals surface area (Å²) in [6, 6.07) is 13.5. The predicted octanol–water partition coefficient (Wildman–Crippen LogP) is 10.2. The van der Waals surface area contributed by atoms with Gasteiger partial charge in [0.05, 0.1) is 0 Å². The SMILES string of the molecule is CCCCCCCC(=O)Oc1ccc(CCc2ccc([C@H]3CC[C@H](CCCCC)CC3)cc2C)cc1C. The van der Waals surface area contributed by atoms with E-state index in [0.29, 0.717) is 12.2 Å². The number of hydrogen-bond acceptors (Lipinski definition) is 2. The van der Waals surface area contributed by atoms with E-state index in [2.05, 4.69) is 51.1 Å². The van der Waals surface area contributed by atoms with Crippen LogP contribution in [0.5, 0.6) is 5.75 Å². The highest BCUT2D eigenvalue weighted by molar-refractivity contribution is 5.72. The number of rotatable bonds is 15. The van der Waals surface area contributed by atoms with Crippen molar-refractivity contribution in [2.45, 2.75) is 136 Å². The number of carbonyl (C=O) groups excluding carboxylic acids is 1. The molecule has 0 aromatic heterocycles.